The highest BCUT2D eigenvalue weighted by Gasteiger charge is 2.55. The topological polar surface area (TPSA) is 78.5 Å². The maximum atomic E-state index is 13.7. The highest BCUT2D eigenvalue weighted by atomic mass is 19.1. The number of rotatable bonds is 3. The number of anilines is 1. The van der Waals surface area contributed by atoms with Crippen molar-refractivity contribution in [1.82, 2.24) is 10.2 Å². The molecule has 2 aromatic carbocycles. The maximum Gasteiger partial charge on any atom is 0.325 e. The van der Waals surface area contributed by atoms with Crippen LogP contribution in [0.1, 0.15) is 17.5 Å². The Morgan fingerprint density at radius 3 is 2.78 bits per heavy atom. The van der Waals surface area contributed by atoms with Gasteiger partial charge in [0.15, 0.2) is 0 Å². The molecule has 1 aliphatic heterocycles. The molecule has 1 atom stereocenters. The number of hydrogen-bond donors (Lipinski definition) is 2. The van der Waals surface area contributed by atoms with Crippen LogP contribution >= 0.6 is 0 Å². The van der Waals surface area contributed by atoms with Crippen molar-refractivity contribution >= 4 is 23.5 Å². The second kappa shape index (κ2) is 6.15. The molecule has 1 aliphatic carbocycles. The largest absolute Gasteiger partial charge is 0.325 e. The Morgan fingerprint density at radius 2 is 1.96 bits per heavy atom. The van der Waals surface area contributed by atoms with Crippen molar-refractivity contribution in [1.29, 1.82) is 0 Å². The number of fused-ring (bicyclic) bond motifs is 2. The summed E-state index contributed by atoms with van der Waals surface area (Å²) in [5.74, 6) is -2.86. The summed E-state index contributed by atoms with van der Waals surface area (Å²) < 4.78 is 26.9. The van der Waals surface area contributed by atoms with Gasteiger partial charge in [0, 0.05) is 6.07 Å². The highest BCUT2D eigenvalue weighted by molar-refractivity contribution is 6.10. The van der Waals surface area contributed by atoms with Gasteiger partial charge in [0.05, 0.1) is 5.69 Å². The van der Waals surface area contributed by atoms with Gasteiger partial charge < -0.3 is 10.6 Å². The minimum atomic E-state index is -1.17. The first-order valence-electron chi connectivity index (χ1n) is 8.38. The molecule has 8 heteroatoms. The van der Waals surface area contributed by atoms with E-state index in [-0.39, 0.29) is 5.69 Å². The summed E-state index contributed by atoms with van der Waals surface area (Å²) in [4.78, 5) is 38.3. The molecule has 0 radical (unpaired) electrons. The minimum Gasteiger partial charge on any atom is -0.322 e. The Kier molecular flexibility index (Phi) is 3.91. The quantitative estimate of drug-likeness (QED) is 0.813. The van der Waals surface area contributed by atoms with E-state index in [1.54, 1.807) is 12.1 Å². The summed E-state index contributed by atoms with van der Waals surface area (Å²) in [6.45, 7) is -0.593. The fourth-order valence-corrected chi connectivity index (χ4v) is 3.66. The zero-order chi connectivity index (χ0) is 19.2. The van der Waals surface area contributed by atoms with Gasteiger partial charge >= 0.3 is 6.03 Å². The summed E-state index contributed by atoms with van der Waals surface area (Å²) in [6, 6.07) is 9.26. The van der Waals surface area contributed by atoms with E-state index in [2.05, 4.69) is 10.6 Å². The number of nitrogens with zero attached hydrogens (tertiary/aromatic N) is 1. The van der Waals surface area contributed by atoms with E-state index in [0.717, 1.165) is 34.2 Å². The van der Waals surface area contributed by atoms with Gasteiger partial charge in [0.25, 0.3) is 5.91 Å². The second-order valence-corrected chi connectivity index (χ2v) is 6.56. The molecular formula is C19H15F2N3O3. The van der Waals surface area contributed by atoms with Crippen LogP contribution in [0.5, 0.6) is 0 Å². The van der Waals surface area contributed by atoms with Gasteiger partial charge in [-0.3, -0.25) is 14.5 Å². The fraction of sp³-hybridized carbons (Fsp3) is 0.211. The molecule has 4 amide bonds. The van der Waals surface area contributed by atoms with Crippen LogP contribution < -0.4 is 10.6 Å². The van der Waals surface area contributed by atoms with Crippen molar-refractivity contribution in [3.05, 3.63) is 65.2 Å². The first kappa shape index (κ1) is 17.1. The number of amides is 4. The summed E-state index contributed by atoms with van der Waals surface area (Å²) in [5.41, 5.74) is 0.174. The number of aryl methyl sites for hydroxylation is 1. The zero-order valence-electron chi connectivity index (χ0n) is 14.1. The molecule has 6 nitrogen and oxygen atoms in total. The Labute approximate surface area is 153 Å². The van der Waals surface area contributed by atoms with Crippen molar-refractivity contribution in [3.8, 4) is 0 Å². The number of imide groups is 1. The van der Waals surface area contributed by atoms with E-state index in [4.69, 9.17) is 0 Å². The van der Waals surface area contributed by atoms with E-state index in [1.165, 1.54) is 0 Å². The van der Waals surface area contributed by atoms with Crippen molar-refractivity contribution in [3.63, 3.8) is 0 Å². The Morgan fingerprint density at radius 1 is 1.19 bits per heavy atom. The standard InChI is InChI=1S/C19H15F2N3O3/c20-12-5-6-14(21)15(9-12)22-16(25)10-24-17(26)19(23-18(24)27)8-7-11-3-1-2-4-13(11)19/h1-6,9H,7-8,10H2,(H,22,25)(H,23,27)/t19-/m0/s1. The molecule has 0 bridgehead atoms. The zero-order valence-corrected chi connectivity index (χ0v) is 14.1. The van der Waals surface area contributed by atoms with Gasteiger partial charge in [-0.2, -0.15) is 0 Å². The summed E-state index contributed by atoms with van der Waals surface area (Å²) in [6.07, 6.45) is 1.05. The lowest BCUT2D eigenvalue weighted by atomic mass is 9.92. The average Bonchev–Trinajstić information content (AvgIpc) is 3.12. The summed E-state index contributed by atoms with van der Waals surface area (Å²) in [5, 5.41) is 4.89. The SMILES string of the molecule is O=C(CN1C(=O)N[C@]2(CCc3ccccc32)C1=O)Nc1cc(F)ccc1F. The number of carbonyl (C=O) groups is 3. The van der Waals surface area contributed by atoms with Crippen LogP contribution in [0.4, 0.5) is 19.3 Å². The van der Waals surface area contributed by atoms with Gasteiger partial charge in [0.2, 0.25) is 5.91 Å². The normalized spacial score (nSPS) is 20.7. The molecule has 1 fully saturated rings. The maximum absolute atomic E-state index is 13.7. The van der Waals surface area contributed by atoms with Gasteiger partial charge in [-0.25, -0.2) is 13.6 Å². The molecule has 0 saturated carbocycles. The third kappa shape index (κ3) is 2.73. The van der Waals surface area contributed by atoms with Crippen LogP contribution in [0.15, 0.2) is 42.5 Å². The Hall–Kier alpha value is -3.29. The van der Waals surface area contributed by atoms with Crippen molar-refractivity contribution in [2.24, 2.45) is 0 Å². The van der Waals surface area contributed by atoms with Gasteiger partial charge in [-0.1, -0.05) is 24.3 Å². The summed E-state index contributed by atoms with van der Waals surface area (Å²) in [7, 11) is 0. The van der Waals surface area contributed by atoms with Crippen LogP contribution in [0.3, 0.4) is 0 Å². The predicted molar refractivity (Wildman–Crippen MR) is 91.7 cm³/mol. The lowest BCUT2D eigenvalue weighted by molar-refractivity contribution is -0.134. The van der Waals surface area contributed by atoms with Crippen LogP contribution in [0.25, 0.3) is 0 Å². The molecule has 2 N–H and O–H groups in total. The van der Waals surface area contributed by atoms with Crippen molar-refractivity contribution in [2.45, 2.75) is 18.4 Å². The second-order valence-electron chi connectivity index (χ2n) is 6.56. The highest BCUT2D eigenvalue weighted by Crippen LogP contribution is 2.41. The molecule has 138 valence electrons. The lowest BCUT2D eigenvalue weighted by Gasteiger charge is -2.22. The van der Waals surface area contributed by atoms with E-state index in [0.29, 0.717) is 12.8 Å². The molecule has 27 heavy (non-hydrogen) atoms. The smallest absolute Gasteiger partial charge is 0.322 e. The first-order valence-corrected chi connectivity index (χ1v) is 8.38. The molecule has 0 unspecified atom stereocenters. The number of carbonyl (C=O) groups excluding carboxylic acids is 3. The van der Waals surface area contributed by atoms with Crippen LogP contribution in [-0.4, -0.2) is 29.3 Å². The van der Waals surface area contributed by atoms with Gasteiger partial charge in [-0.05, 0) is 36.1 Å². The minimum absolute atomic E-state index is 0.354. The van der Waals surface area contributed by atoms with E-state index in [9.17, 15) is 23.2 Å². The molecule has 1 heterocycles. The number of benzene rings is 2. The van der Waals surface area contributed by atoms with Crippen LogP contribution in [-0.2, 0) is 21.5 Å². The van der Waals surface area contributed by atoms with E-state index < -0.39 is 41.6 Å². The van der Waals surface area contributed by atoms with Crippen LogP contribution in [0, 0.1) is 11.6 Å². The fourth-order valence-electron chi connectivity index (χ4n) is 3.66. The molecule has 1 spiro atoms. The number of halogens is 2. The van der Waals surface area contributed by atoms with Crippen LogP contribution in [0.2, 0.25) is 0 Å². The predicted octanol–water partition coefficient (Wildman–Crippen LogP) is 2.30. The summed E-state index contributed by atoms with van der Waals surface area (Å²) >= 11 is 0. The average molecular weight is 371 g/mol. The molecule has 2 aliphatic rings. The van der Waals surface area contributed by atoms with E-state index >= 15 is 0 Å². The number of urea groups is 1. The van der Waals surface area contributed by atoms with Gasteiger partial charge in [0.1, 0.15) is 23.7 Å². The number of nitrogens with one attached hydrogen (secondary N) is 2. The molecule has 1 saturated heterocycles. The molecule has 2 aromatic rings. The van der Waals surface area contributed by atoms with E-state index in [1.807, 2.05) is 12.1 Å². The number of hydrogen-bond acceptors (Lipinski definition) is 3. The Balaban J connectivity index is 1.54. The van der Waals surface area contributed by atoms with Crippen molar-refractivity contribution in [2.75, 3.05) is 11.9 Å². The lowest BCUT2D eigenvalue weighted by Crippen LogP contribution is -2.43. The van der Waals surface area contributed by atoms with Crippen molar-refractivity contribution < 1.29 is 23.2 Å². The molecular weight excluding hydrogens is 356 g/mol. The third-order valence-corrected chi connectivity index (χ3v) is 4.93. The molecule has 4 rings (SSSR count). The van der Waals surface area contributed by atoms with Gasteiger partial charge in [-0.15, -0.1) is 0 Å². The first-order chi connectivity index (χ1) is 12.9. The third-order valence-electron chi connectivity index (χ3n) is 4.93. The monoisotopic (exact) mass is 371 g/mol. The Bertz CT molecular complexity index is 978. The molecule has 0 aromatic heterocycles.